The van der Waals surface area contributed by atoms with Crippen LogP contribution in [0.3, 0.4) is 0 Å². The molecule has 4 saturated carbocycles. The van der Waals surface area contributed by atoms with E-state index in [1.165, 1.54) is 32.1 Å². The smallest absolute Gasteiger partial charge is 0.0608 e. The van der Waals surface area contributed by atoms with Gasteiger partial charge in [0.1, 0.15) is 0 Å². The maximum atomic E-state index is 11.7. The molecule has 182 valence electrons. The Morgan fingerprint density at radius 2 is 1.44 bits per heavy atom. The number of fused-ring (bicyclic) bond motifs is 7. The second kappa shape index (κ2) is 6.87. The Kier molecular flexibility index (Phi) is 5.02. The normalized spacial score (nSPS) is 59.2. The Morgan fingerprint density at radius 1 is 0.781 bits per heavy atom. The molecule has 2 heteroatoms. The molecule has 2 nitrogen and oxygen atoms in total. The van der Waals surface area contributed by atoms with Gasteiger partial charge in [0, 0.05) is 5.41 Å². The molecule has 32 heavy (non-hydrogen) atoms. The van der Waals surface area contributed by atoms with Gasteiger partial charge in [0.2, 0.25) is 0 Å². The SMILES string of the molecule is C[C@H]1[C@H](C)CC[C@@]2(C)[C@@H]1C1=CC[C@@H]3[C@@]4(C)CC[C@@H](O)C(C)(C)[C@@H]4CC[C@@]3(C)[C@]1(C)C[C@@H]2O. The van der Waals surface area contributed by atoms with Gasteiger partial charge in [-0.2, -0.15) is 0 Å². The Labute approximate surface area is 197 Å². The van der Waals surface area contributed by atoms with Gasteiger partial charge in [-0.05, 0) is 103 Å². The molecule has 0 aromatic rings. The van der Waals surface area contributed by atoms with Crippen molar-refractivity contribution in [1.29, 1.82) is 0 Å². The first-order valence-corrected chi connectivity index (χ1v) is 13.8. The van der Waals surface area contributed by atoms with Gasteiger partial charge in [-0.3, -0.25) is 0 Å². The van der Waals surface area contributed by atoms with Gasteiger partial charge in [-0.25, -0.2) is 0 Å². The van der Waals surface area contributed by atoms with Crippen molar-refractivity contribution in [3.63, 3.8) is 0 Å². The fraction of sp³-hybridized carbons (Fsp3) is 0.933. The molecule has 0 heterocycles. The van der Waals surface area contributed by atoms with E-state index in [2.05, 4.69) is 61.5 Å². The van der Waals surface area contributed by atoms with E-state index in [1.54, 1.807) is 5.57 Å². The fourth-order valence-electron chi connectivity index (χ4n) is 10.9. The van der Waals surface area contributed by atoms with Gasteiger partial charge in [0.05, 0.1) is 12.2 Å². The summed E-state index contributed by atoms with van der Waals surface area (Å²) in [5.74, 6) is 3.13. The number of aliphatic hydroxyl groups is 2. The highest BCUT2D eigenvalue weighted by atomic mass is 16.3. The first-order valence-electron chi connectivity index (χ1n) is 13.8. The minimum Gasteiger partial charge on any atom is -0.393 e. The molecule has 0 aliphatic heterocycles. The van der Waals surface area contributed by atoms with E-state index in [4.69, 9.17) is 0 Å². The zero-order valence-corrected chi connectivity index (χ0v) is 22.2. The predicted molar refractivity (Wildman–Crippen MR) is 132 cm³/mol. The van der Waals surface area contributed by atoms with Gasteiger partial charge in [-0.15, -0.1) is 0 Å². The minimum absolute atomic E-state index is 0.00278. The van der Waals surface area contributed by atoms with Crippen molar-refractivity contribution in [3.05, 3.63) is 11.6 Å². The Bertz CT molecular complexity index is 814. The molecule has 0 amide bonds. The number of rotatable bonds is 0. The maximum absolute atomic E-state index is 11.7. The van der Waals surface area contributed by atoms with Gasteiger partial charge >= 0.3 is 0 Å². The van der Waals surface area contributed by atoms with Crippen LogP contribution in [0.25, 0.3) is 0 Å². The molecular formula is C30H50O2. The molecule has 5 aliphatic rings. The summed E-state index contributed by atoms with van der Waals surface area (Å²) in [5.41, 5.74) is 2.34. The average Bonchev–Trinajstić information content (AvgIpc) is 2.70. The second-order valence-electron chi connectivity index (χ2n) is 14.7. The van der Waals surface area contributed by atoms with Gasteiger partial charge < -0.3 is 10.2 Å². The molecule has 0 aromatic carbocycles. The van der Waals surface area contributed by atoms with Crippen molar-refractivity contribution >= 4 is 0 Å². The topological polar surface area (TPSA) is 40.5 Å². The standard InChI is InChI=1S/C30H50O2/c1-18-11-14-28(6)24(32)17-30(8)20(25(28)19(18)2)9-10-22-27(5)15-13-23(31)26(3,4)21(27)12-16-29(22,30)7/h9,18-19,21-25,31-32H,10-17H2,1-8H3/t18-,19+,21+,22-,23-,24+,25+,27+,28-,29-,30-/m1/s1. The zero-order valence-electron chi connectivity index (χ0n) is 22.2. The molecule has 4 fully saturated rings. The number of aliphatic hydroxyl groups excluding tert-OH is 2. The summed E-state index contributed by atoms with van der Waals surface area (Å²) in [6.45, 7) is 19.7. The van der Waals surface area contributed by atoms with Gasteiger partial charge in [-0.1, -0.05) is 67.0 Å². The highest BCUT2D eigenvalue weighted by Crippen LogP contribution is 2.75. The van der Waals surface area contributed by atoms with Crippen LogP contribution in [-0.2, 0) is 0 Å². The number of allylic oxidation sites excluding steroid dienone is 2. The third-order valence-electron chi connectivity index (χ3n) is 13.5. The molecule has 0 radical (unpaired) electrons. The molecule has 2 N–H and O–H groups in total. The van der Waals surface area contributed by atoms with Crippen LogP contribution >= 0.6 is 0 Å². The van der Waals surface area contributed by atoms with Gasteiger partial charge in [0.15, 0.2) is 0 Å². The first kappa shape index (κ1) is 23.4. The van der Waals surface area contributed by atoms with E-state index in [1.807, 2.05) is 0 Å². The Hall–Kier alpha value is -0.340. The monoisotopic (exact) mass is 442 g/mol. The molecule has 0 spiro atoms. The average molecular weight is 443 g/mol. The van der Waals surface area contributed by atoms with Crippen molar-refractivity contribution in [1.82, 2.24) is 0 Å². The molecule has 0 unspecified atom stereocenters. The van der Waals surface area contributed by atoms with Crippen molar-refractivity contribution in [3.8, 4) is 0 Å². The van der Waals surface area contributed by atoms with Crippen LogP contribution in [0.1, 0.15) is 107 Å². The number of hydrogen-bond acceptors (Lipinski definition) is 2. The molecule has 0 bridgehead atoms. The highest BCUT2D eigenvalue weighted by molar-refractivity contribution is 5.35. The van der Waals surface area contributed by atoms with Crippen LogP contribution in [-0.4, -0.2) is 22.4 Å². The van der Waals surface area contributed by atoms with Crippen molar-refractivity contribution < 1.29 is 10.2 Å². The largest absolute Gasteiger partial charge is 0.393 e. The molecule has 0 saturated heterocycles. The first-order chi connectivity index (χ1) is 14.7. The van der Waals surface area contributed by atoms with Crippen LogP contribution in [0.2, 0.25) is 0 Å². The van der Waals surface area contributed by atoms with Crippen molar-refractivity contribution in [2.45, 2.75) is 119 Å². The van der Waals surface area contributed by atoms with E-state index >= 15 is 0 Å². The molecule has 11 atom stereocenters. The Balaban J connectivity index is 1.61. The van der Waals surface area contributed by atoms with Crippen LogP contribution in [0.5, 0.6) is 0 Å². The molecule has 5 rings (SSSR count). The highest BCUT2D eigenvalue weighted by Gasteiger charge is 2.69. The fourth-order valence-corrected chi connectivity index (χ4v) is 10.9. The number of hydrogen-bond donors (Lipinski definition) is 2. The van der Waals surface area contributed by atoms with E-state index in [0.717, 1.165) is 25.2 Å². The summed E-state index contributed by atoms with van der Waals surface area (Å²) >= 11 is 0. The third kappa shape index (κ3) is 2.61. The lowest BCUT2D eigenvalue weighted by Gasteiger charge is -2.72. The molecule has 5 aliphatic carbocycles. The molecule has 0 aromatic heterocycles. The van der Waals surface area contributed by atoms with Crippen LogP contribution in [0, 0.1) is 56.7 Å². The zero-order chi connectivity index (χ0) is 23.5. The quantitative estimate of drug-likeness (QED) is 0.397. The summed E-state index contributed by atoms with van der Waals surface area (Å²) in [4.78, 5) is 0. The lowest BCUT2D eigenvalue weighted by molar-refractivity contribution is -0.215. The van der Waals surface area contributed by atoms with Crippen LogP contribution < -0.4 is 0 Å². The van der Waals surface area contributed by atoms with E-state index in [0.29, 0.717) is 23.7 Å². The third-order valence-corrected chi connectivity index (χ3v) is 13.5. The van der Waals surface area contributed by atoms with Crippen molar-refractivity contribution in [2.75, 3.05) is 0 Å². The summed E-state index contributed by atoms with van der Waals surface area (Å²) in [6.07, 6.45) is 11.4. The van der Waals surface area contributed by atoms with E-state index < -0.39 is 0 Å². The van der Waals surface area contributed by atoms with Gasteiger partial charge in [0.25, 0.3) is 0 Å². The summed E-state index contributed by atoms with van der Waals surface area (Å²) in [6, 6.07) is 0. The predicted octanol–water partition coefficient (Wildman–Crippen LogP) is 7.00. The summed E-state index contributed by atoms with van der Waals surface area (Å²) < 4.78 is 0. The van der Waals surface area contributed by atoms with Crippen LogP contribution in [0.15, 0.2) is 11.6 Å². The van der Waals surface area contributed by atoms with E-state index in [-0.39, 0.29) is 39.3 Å². The lowest BCUT2D eigenvalue weighted by atomic mass is 9.33. The second-order valence-corrected chi connectivity index (χ2v) is 14.7. The minimum atomic E-state index is -0.199. The molecular weight excluding hydrogens is 392 g/mol. The van der Waals surface area contributed by atoms with E-state index in [9.17, 15) is 10.2 Å². The van der Waals surface area contributed by atoms with Crippen LogP contribution in [0.4, 0.5) is 0 Å². The summed E-state index contributed by atoms with van der Waals surface area (Å²) in [5, 5.41) is 22.6. The summed E-state index contributed by atoms with van der Waals surface area (Å²) in [7, 11) is 0. The van der Waals surface area contributed by atoms with Crippen molar-refractivity contribution in [2.24, 2.45) is 56.7 Å². The maximum Gasteiger partial charge on any atom is 0.0608 e. The Morgan fingerprint density at radius 3 is 2.12 bits per heavy atom. The lowest BCUT2D eigenvalue weighted by Crippen LogP contribution is -2.66.